The van der Waals surface area contributed by atoms with Crippen molar-refractivity contribution in [2.75, 3.05) is 19.7 Å². The van der Waals surface area contributed by atoms with Crippen LogP contribution in [0.5, 0.6) is 5.75 Å². The fourth-order valence-corrected chi connectivity index (χ4v) is 1.88. The Labute approximate surface area is 117 Å². The molecular weight excluding hydrogens is 238 g/mol. The van der Waals surface area contributed by atoms with Gasteiger partial charge in [-0.1, -0.05) is 20.8 Å². The molecule has 0 fully saturated rings. The van der Waals surface area contributed by atoms with E-state index in [1.165, 1.54) is 12.8 Å². The SMILES string of the molecule is CCCn1cc(OCCCCCNCC(C)C)cn1. The number of unbranched alkanes of at least 4 members (excludes halogenated alkanes) is 2. The number of rotatable bonds is 11. The molecule has 0 aliphatic rings. The molecule has 1 heterocycles. The van der Waals surface area contributed by atoms with Crippen molar-refractivity contribution in [1.82, 2.24) is 15.1 Å². The first kappa shape index (κ1) is 16.0. The Morgan fingerprint density at radius 1 is 1.32 bits per heavy atom. The highest BCUT2D eigenvalue weighted by atomic mass is 16.5. The fourth-order valence-electron chi connectivity index (χ4n) is 1.88. The van der Waals surface area contributed by atoms with E-state index in [1.54, 1.807) is 6.20 Å². The molecule has 0 saturated carbocycles. The zero-order chi connectivity index (χ0) is 13.9. The predicted octanol–water partition coefficient (Wildman–Crippen LogP) is 3.09. The second-order valence-electron chi connectivity index (χ2n) is 5.45. The molecule has 0 aliphatic heterocycles. The number of aryl methyl sites for hydroxylation is 1. The van der Waals surface area contributed by atoms with Gasteiger partial charge in [-0.15, -0.1) is 0 Å². The molecule has 4 nitrogen and oxygen atoms in total. The minimum absolute atomic E-state index is 0.739. The summed E-state index contributed by atoms with van der Waals surface area (Å²) in [6.45, 7) is 10.6. The zero-order valence-corrected chi connectivity index (χ0v) is 12.7. The normalized spacial score (nSPS) is 11.2. The number of ether oxygens (including phenoxy) is 1. The van der Waals surface area contributed by atoms with Crippen molar-refractivity contribution < 1.29 is 4.74 Å². The van der Waals surface area contributed by atoms with E-state index in [0.717, 1.165) is 50.8 Å². The van der Waals surface area contributed by atoms with Crippen LogP contribution < -0.4 is 10.1 Å². The van der Waals surface area contributed by atoms with Crippen LogP contribution in [0.2, 0.25) is 0 Å². The molecule has 19 heavy (non-hydrogen) atoms. The predicted molar refractivity (Wildman–Crippen MR) is 79.6 cm³/mol. The van der Waals surface area contributed by atoms with Gasteiger partial charge >= 0.3 is 0 Å². The lowest BCUT2D eigenvalue weighted by Gasteiger charge is -2.07. The molecule has 1 rings (SSSR count). The molecule has 0 spiro atoms. The van der Waals surface area contributed by atoms with Crippen LogP contribution in [-0.2, 0) is 6.54 Å². The lowest BCUT2D eigenvalue weighted by molar-refractivity contribution is 0.304. The van der Waals surface area contributed by atoms with Gasteiger partial charge in [0.25, 0.3) is 0 Å². The summed E-state index contributed by atoms with van der Waals surface area (Å²) >= 11 is 0. The molecule has 0 bridgehead atoms. The van der Waals surface area contributed by atoms with Crippen LogP contribution in [-0.4, -0.2) is 29.5 Å². The fraction of sp³-hybridized carbons (Fsp3) is 0.800. The van der Waals surface area contributed by atoms with E-state index >= 15 is 0 Å². The van der Waals surface area contributed by atoms with E-state index in [4.69, 9.17) is 4.74 Å². The molecule has 0 aromatic carbocycles. The quantitative estimate of drug-likeness (QED) is 0.626. The molecule has 4 heteroatoms. The number of hydrogen-bond donors (Lipinski definition) is 1. The third-order valence-electron chi connectivity index (χ3n) is 2.88. The Kier molecular flexibility index (Phi) is 8.30. The Bertz CT molecular complexity index is 323. The van der Waals surface area contributed by atoms with E-state index in [9.17, 15) is 0 Å². The highest BCUT2D eigenvalue weighted by Gasteiger charge is 1.98. The number of hydrogen-bond acceptors (Lipinski definition) is 3. The van der Waals surface area contributed by atoms with Gasteiger partial charge in [0.15, 0.2) is 5.75 Å². The maximum absolute atomic E-state index is 5.67. The number of aromatic nitrogens is 2. The van der Waals surface area contributed by atoms with Gasteiger partial charge in [0.1, 0.15) is 0 Å². The third kappa shape index (κ3) is 7.88. The molecule has 1 N–H and O–H groups in total. The van der Waals surface area contributed by atoms with Crippen LogP contribution in [0.1, 0.15) is 46.5 Å². The summed E-state index contributed by atoms with van der Waals surface area (Å²) < 4.78 is 7.61. The van der Waals surface area contributed by atoms with Crippen LogP contribution in [0.15, 0.2) is 12.4 Å². The molecule has 0 amide bonds. The van der Waals surface area contributed by atoms with Gasteiger partial charge in [0.05, 0.1) is 19.0 Å². The molecule has 0 saturated heterocycles. The van der Waals surface area contributed by atoms with Crippen LogP contribution in [0.25, 0.3) is 0 Å². The summed E-state index contributed by atoms with van der Waals surface area (Å²) in [5.41, 5.74) is 0. The van der Waals surface area contributed by atoms with E-state index in [1.807, 2.05) is 10.9 Å². The van der Waals surface area contributed by atoms with Gasteiger partial charge in [-0.05, 0) is 44.7 Å². The summed E-state index contributed by atoms with van der Waals surface area (Å²) in [4.78, 5) is 0. The molecule has 0 atom stereocenters. The molecule has 0 unspecified atom stereocenters. The van der Waals surface area contributed by atoms with E-state index in [-0.39, 0.29) is 0 Å². The molecule has 0 radical (unpaired) electrons. The van der Waals surface area contributed by atoms with Crippen molar-refractivity contribution in [3.8, 4) is 5.75 Å². The maximum Gasteiger partial charge on any atom is 0.157 e. The Morgan fingerprint density at radius 2 is 2.16 bits per heavy atom. The van der Waals surface area contributed by atoms with Crippen molar-refractivity contribution in [3.05, 3.63) is 12.4 Å². The maximum atomic E-state index is 5.67. The standard InChI is InChI=1S/C15H29N3O/c1-4-9-18-13-15(12-17-18)19-10-7-5-6-8-16-11-14(2)3/h12-14,16H,4-11H2,1-3H3. The second kappa shape index (κ2) is 9.84. The van der Waals surface area contributed by atoms with Crippen molar-refractivity contribution in [2.24, 2.45) is 5.92 Å². The lowest BCUT2D eigenvalue weighted by Crippen LogP contribution is -2.20. The first-order valence-electron chi connectivity index (χ1n) is 7.58. The second-order valence-corrected chi connectivity index (χ2v) is 5.45. The summed E-state index contributed by atoms with van der Waals surface area (Å²) in [6.07, 6.45) is 8.44. The average molecular weight is 267 g/mol. The minimum atomic E-state index is 0.739. The van der Waals surface area contributed by atoms with Crippen LogP contribution in [0, 0.1) is 5.92 Å². The smallest absolute Gasteiger partial charge is 0.157 e. The van der Waals surface area contributed by atoms with Gasteiger partial charge < -0.3 is 10.1 Å². The third-order valence-corrected chi connectivity index (χ3v) is 2.88. The first-order valence-corrected chi connectivity index (χ1v) is 7.58. The summed E-state index contributed by atoms with van der Waals surface area (Å²) in [7, 11) is 0. The first-order chi connectivity index (χ1) is 9.22. The highest BCUT2D eigenvalue weighted by molar-refractivity contribution is 5.11. The Balaban J connectivity index is 1.95. The van der Waals surface area contributed by atoms with Gasteiger partial charge in [-0.25, -0.2) is 0 Å². The number of nitrogens with zero attached hydrogens (tertiary/aromatic N) is 2. The largest absolute Gasteiger partial charge is 0.490 e. The van der Waals surface area contributed by atoms with Crippen molar-refractivity contribution in [1.29, 1.82) is 0 Å². The molecule has 1 aromatic rings. The van der Waals surface area contributed by atoms with Crippen molar-refractivity contribution in [2.45, 2.75) is 53.0 Å². The Hall–Kier alpha value is -1.03. The molecular formula is C15H29N3O. The van der Waals surface area contributed by atoms with E-state index < -0.39 is 0 Å². The summed E-state index contributed by atoms with van der Waals surface area (Å²) in [5.74, 6) is 1.63. The molecule has 0 aliphatic carbocycles. The number of nitrogens with one attached hydrogen (secondary N) is 1. The van der Waals surface area contributed by atoms with Gasteiger partial charge in [0.2, 0.25) is 0 Å². The van der Waals surface area contributed by atoms with Crippen LogP contribution in [0.3, 0.4) is 0 Å². The van der Waals surface area contributed by atoms with Crippen LogP contribution >= 0.6 is 0 Å². The summed E-state index contributed by atoms with van der Waals surface area (Å²) in [6, 6.07) is 0. The minimum Gasteiger partial charge on any atom is -0.490 e. The van der Waals surface area contributed by atoms with Gasteiger partial charge in [-0.2, -0.15) is 5.10 Å². The Morgan fingerprint density at radius 3 is 2.89 bits per heavy atom. The summed E-state index contributed by atoms with van der Waals surface area (Å²) in [5, 5.41) is 7.70. The topological polar surface area (TPSA) is 39.1 Å². The average Bonchev–Trinajstić information content (AvgIpc) is 2.80. The van der Waals surface area contributed by atoms with Crippen LogP contribution in [0.4, 0.5) is 0 Å². The monoisotopic (exact) mass is 267 g/mol. The lowest BCUT2D eigenvalue weighted by atomic mass is 10.2. The van der Waals surface area contributed by atoms with E-state index in [2.05, 4.69) is 31.2 Å². The van der Waals surface area contributed by atoms with E-state index in [0.29, 0.717) is 0 Å². The van der Waals surface area contributed by atoms with Gasteiger partial charge in [-0.3, -0.25) is 4.68 Å². The molecule has 110 valence electrons. The van der Waals surface area contributed by atoms with Gasteiger partial charge in [0, 0.05) is 6.54 Å². The van der Waals surface area contributed by atoms with Crippen molar-refractivity contribution >= 4 is 0 Å². The zero-order valence-electron chi connectivity index (χ0n) is 12.7. The van der Waals surface area contributed by atoms with Crippen molar-refractivity contribution in [3.63, 3.8) is 0 Å². The highest BCUT2D eigenvalue weighted by Crippen LogP contribution is 2.09. The molecule has 1 aromatic heterocycles.